The Hall–Kier alpha value is -3.65. The minimum atomic E-state index is -4.36. The number of carbonyl (C=O) groups is 1. The van der Waals surface area contributed by atoms with Crippen molar-refractivity contribution in [2.45, 2.75) is 28.4 Å². The van der Waals surface area contributed by atoms with E-state index in [1.807, 2.05) is 35.1 Å². The van der Waals surface area contributed by atoms with Gasteiger partial charge in [0.2, 0.25) is 0 Å². The van der Waals surface area contributed by atoms with Crippen molar-refractivity contribution in [2.24, 2.45) is 0 Å². The average Bonchev–Trinajstić information content (AvgIpc) is 3.43. The number of nitro groups is 1. The van der Waals surface area contributed by atoms with Gasteiger partial charge in [0, 0.05) is 60.4 Å². The fourth-order valence-corrected chi connectivity index (χ4v) is 6.59. The Kier molecular flexibility index (Phi) is 8.78. The van der Waals surface area contributed by atoms with Gasteiger partial charge in [-0.2, -0.15) is 0 Å². The van der Waals surface area contributed by atoms with Crippen LogP contribution in [0.5, 0.6) is 0 Å². The molecule has 5 rings (SSSR count). The number of hydrogen-bond donors (Lipinski definition) is 2. The SMILES string of the molecule is O=C(NS(=O)(=O)c1ccc(NCCSc2ccccc2)c([N+](=O)[O-])c1)c1ccc(N2CCC3(CC2)OCCO3)cc1. The van der Waals surface area contributed by atoms with Crippen molar-refractivity contribution in [3.63, 3.8) is 0 Å². The number of carbonyl (C=O) groups excluding carboxylic acids is 1. The number of amides is 1. The maximum atomic E-state index is 12.9. The molecular weight excluding hydrogens is 568 g/mol. The van der Waals surface area contributed by atoms with Crippen molar-refractivity contribution in [3.05, 3.63) is 88.5 Å². The van der Waals surface area contributed by atoms with Crippen LogP contribution in [0.3, 0.4) is 0 Å². The molecule has 2 N–H and O–H groups in total. The van der Waals surface area contributed by atoms with E-state index in [-0.39, 0.29) is 16.1 Å². The maximum Gasteiger partial charge on any atom is 0.293 e. The van der Waals surface area contributed by atoms with Crippen molar-refractivity contribution in [1.82, 2.24) is 4.72 Å². The number of ether oxygens (including phenoxy) is 2. The number of sulfonamides is 1. The summed E-state index contributed by atoms with van der Waals surface area (Å²) in [4.78, 5) is 26.7. The predicted octanol–water partition coefficient (Wildman–Crippen LogP) is 4.26. The first-order chi connectivity index (χ1) is 19.7. The summed E-state index contributed by atoms with van der Waals surface area (Å²) >= 11 is 1.59. The summed E-state index contributed by atoms with van der Waals surface area (Å²) < 4.78 is 39.4. The van der Waals surface area contributed by atoms with Gasteiger partial charge in [-0.05, 0) is 48.5 Å². The fourth-order valence-electron chi connectivity index (χ4n) is 4.81. The standard InChI is InChI=1S/C28H30N4O7S2/c33-27(21-6-8-22(9-7-21)31-15-12-28(13-16-31)38-17-18-39-28)30-41(36,37)24-10-11-25(26(20-24)32(34)35)29-14-19-40-23-4-2-1-3-5-23/h1-11,20,29H,12-19H2,(H,30,33). The highest BCUT2D eigenvalue weighted by Gasteiger charge is 2.39. The van der Waals surface area contributed by atoms with Crippen molar-refractivity contribution >= 4 is 44.8 Å². The molecule has 11 nitrogen and oxygen atoms in total. The molecule has 216 valence electrons. The molecule has 2 aliphatic rings. The minimum absolute atomic E-state index is 0.150. The predicted molar refractivity (Wildman–Crippen MR) is 156 cm³/mol. The first-order valence-corrected chi connectivity index (χ1v) is 15.6. The van der Waals surface area contributed by atoms with Gasteiger partial charge in [0.1, 0.15) is 5.69 Å². The number of rotatable bonds is 10. The summed E-state index contributed by atoms with van der Waals surface area (Å²) in [6.45, 7) is 3.11. The molecule has 0 unspecified atom stereocenters. The monoisotopic (exact) mass is 598 g/mol. The highest BCUT2D eigenvalue weighted by atomic mass is 32.2. The van der Waals surface area contributed by atoms with E-state index >= 15 is 0 Å². The van der Waals surface area contributed by atoms with E-state index in [9.17, 15) is 23.3 Å². The molecule has 1 spiro atoms. The summed E-state index contributed by atoms with van der Waals surface area (Å²) in [7, 11) is -4.36. The van der Waals surface area contributed by atoms with Crippen LogP contribution >= 0.6 is 11.8 Å². The van der Waals surface area contributed by atoms with Crippen LogP contribution in [-0.2, 0) is 19.5 Å². The summed E-state index contributed by atoms with van der Waals surface area (Å²) in [5, 5.41) is 14.7. The summed E-state index contributed by atoms with van der Waals surface area (Å²) in [6.07, 6.45) is 1.47. The molecule has 13 heteroatoms. The van der Waals surface area contributed by atoms with E-state index in [1.54, 1.807) is 36.0 Å². The molecule has 0 saturated carbocycles. The molecular formula is C28H30N4O7S2. The van der Waals surface area contributed by atoms with Crippen molar-refractivity contribution < 1.29 is 27.6 Å². The van der Waals surface area contributed by atoms with Gasteiger partial charge in [0.25, 0.3) is 21.6 Å². The van der Waals surface area contributed by atoms with Gasteiger partial charge < -0.3 is 19.7 Å². The molecule has 41 heavy (non-hydrogen) atoms. The number of benzene rings is 3. The lowest BCUT2D eigenvalue weighted by Crippen LogP contribution is -2.45. The number of anilines is 2. The fraction of sp³-hybridized carbons (Fsp3) is 0.321. The quantitative estimate of drug-likeness (QED) is 0.151. The third-order valence-corrected chi connectivity index (χ3v) is 9.31. The Morgan fingerprint density at radius 1 is 1.00 bits per heavy atom. The zero-order valence-electron chi connectivity index (χ0n) is 22.2. The van der Waals surface area contributed by atoms with E-state index in [0.29, 0.717) is 25.5 Å². The normalized spacial score (nSPS) is 16.4. The highest BCUT2D eigenvalue weighted by molar-refractivity contribution is 7.99. The summed E-state index contributed by atoms with van der Waals surface area (Å²) in [5.74, 6) is -0.669. The Balaban J connectivity index is 1.19. The van der Waals surface area contributed by atoms with E-state index in [4.69, 9.17) is 9.47 Å². The zero-order valence-corrected chi connectivity index (χ0v) is 23.8. The Morgan fingerprint density at radius 3 is 2.34 bits per heavy atom. The maximum absolute atomic E-state index is 12.9. The molecule has 3 aromatic rings. The third kappa shape index (κ3) is 6.99. The molecule has 0 atom stereocenters. The first kappa shape index (κ1) is 28.9. The highest BCUT2D eigenvalue weighted by Crippen LogP contribution is 2.33. The second-order valence-corrected chi connectivity index (χ2v) is 12.5. The van der Waals surface area contributed by atoms with Crippen molar-refractivity contribution in [1.29, 1.82) is 0 Å². The zero-order chi connectivity index (χ0) is 28.9. The summed E-state index contributed by atoms with van der Waals surface area (Å²) in [6, 6.07) is 19.9. The molecule has 0 bridgehead atoms. The second-order valence-electron chi connectivity index (χ2n) is 9.60. The van der Waals surface area contributed by atoms with E-state index < -0.39 is 32.3 Å². The van der Waals surface area contributed by atoms with Gasteiger partial charge in [-0.3, -0.25) is 14.9 Å². The van der Waals surface area contributed by atoms with Gasteiger partial charge in [-0.15, -0.1) is 11.8 Å². The van der Waals surface area contributed by atoms with Gasteiger partial charge in [-0.1, -0.05) is 18.2 Å². The largest absolute Gasteiger partial charge is 0.379 e. The van der Waals surface area contributed by atoms with Gasteiger partial charge in [0.05, 0.1) is 23.0 Å². The number of thioether (sulfide) groups is 1. The number of piperidine rings is 1. The van der Waals surface area contributed by atoms with Gasteiger partial charge in [-0.25, -0.2) is 13.1 Å². The molecule has 2 saturated heterocycles. The number of nitrogens with zero attached hydrogens (tertiary/aromatic N) is 2. The molecule has 2 fully saturated rings. The third-order valence-electron chi connectivity index (χ3n) is 6.97. The van der Waals surface area contributed by atoms with Crippen LogP contribution in [0.25, 0.3) is 0 Å². The molecule has 0 aromatic heterocycles. The molecule has 0 radical (unpaired) electrons. The van der Waals surface area contributed by atoms with E-state index in [1.165, 1.54) is 12.1 Å². The van der Waals surface area contributed by atoms with E-state index in [0.717, 1.165) is 42.6 Å². The number of nitro benzene ring substituents is 1. The minimum Gasteiger partial charge on any atom is -0.379 e. The molecule has 1 amide bonds. The van der Waals surface area contributed by atoms with Crippen LogP contribution in [0.4, 0.5) is 17.1 Å². The smallest absolute Gasteiger partial charge is 0.293 e. The van der Waals surface area contributed by atoms with Gasteiger partial charge in [0.15, 0.2) is 5.79 Å². The summed E-state index contributed by atoms with van der Waals surface area (Å²) in [5.41, 5.74) is 0.848. The lowest BCUT2D eigenvalue weighted by Gasteiger charge is -2.38. The lowest BCUT2D eigenvalue weighted by molar-refractivity contribution is -0.384. The molecule has 2 heterocycles. The van der Waals surface area contributed by atoms with Crippen LogP contribution in [0.2, 0.25) is 0 Å². The first-order valence-electron chi connectivity index (χ1n) is 13.1. The van der Waals surface area contributed by atoms with Crippen LogP contribution in [-0.4, -0.2) is 63.6 Å². The van der Waals surface area contributed by atoms with Gasteiger partial charge >= 0.3 is 0 Å². The van der Waals surface area contributed by atoms with Crippen LogP contribution < -0.4 is 14.9 Å². The van der Waals surface area contributed by atoms with Crippen LogP contribution in [0, 0.1) is 10.1 Å². The lowest BCUT2D eigenvalue weighted by atomic mass is 10.0. The van der Waals surface area contributed by atoms with E-state index in [2.05, 4.69) is 10.2 Å². The molecule has 0 aliphatic carbocycles. The second kappa shape index (κ2) is 12.5. The average molecular weight is 599 g/mol. The molecule has 2 aliphatic heterocycles. The molecule has 3 aromatic carbocycles. The van der Waals surface area contributed by atoms with Crippen molar-refractivity contribution in [3.8, 4) is 0 Å². The van der Waals surface area contributed by atoms with Crippen LogP contribution in [0.15, 0.2) is 82.6 Å². The Labute approximate surface area is 242 Å². The number of hydrogen-bond acceptors (Lipinski definition) is 10. The Morgan fingerprint density at radius 2 is 1.68 bits per heavy atom. The number of nitrogens with one attached hydrogen (secondary N) is 2. The topological polar surface area (TPSA) is 140 Å². The Bertz CT molecular complexity index is 1490. The van der Waals surface area contributed by atoms with Crippen LogP contribution in [0.1, 0.15) is 23.2 Å². The van der Waals surface area contributed by atoms with Crippen molar-refractivity contribution in [2.75, 3.05) is 48.8 Å².